The van der Waals surface area contributed by atoms with Gasteiger partial charge >= 0.3 is 5.97 Å². The van der Waals surface area contributed by atoms with Crippen LogP contribution in [0.3, 0.4) is 0 Å². The zero-order valence-corrected chi connectivity index (χ0v) is 10.1. The largest absolute Gasteiger partial charge is 0.460 e. The Kier molecular flexibility index (Phi) is 3.68. The van der Waals surface area contributed by atoms with E-state index >= 15 is 0 Å². The summed E-state index contributed by atoms with van der Waals surface area (Å²) in [7, 11) is 0. The zero-order chi connectivity index (χ0) is 12.3. The Morgan fingerprint density at radius 3 is 2.50 bits per heavy atom. The first kappa shape index (κ1) is 12.7. The lowest BCUT2D eigenvalue weighted by molar-refractivity contribution is -0.156. The molecule has 0 aliphatic rings. The Morgan fingerprint density at radius 1 is 1.38 bits per heavy atom. The van der Waals surface area contributed by atoms with Gasteiger partial charge in [-0.05, 0) is 45.4 Å². The van der Waals surface area contributed by atoms with Crippen LogP contribution in [0.1, 0.15) is 39.2 Å². The third-order valence-corrected chi connectivity index (χ3v) is 2.11. The average Bonchev–Trinajstić information content (AvgIpc) is 2.14. The number of carbonyl (C=O) groups excluding carboxylic acids is 1. The fraction of sp³-hybridized carbons (Fsp3) is 0.462. The smallest absolute Gasteiger partial charge is 0.313 e. The summed E-state index contributed by atoms with van der Waals surface area (Å²) in [5.74, 6) is -1.12. The lowest BCUT2D eigenvalue weighted by Crippen LogP contribution is -2.26. The normalized spacial score (nSPS) is 13.3. The molecule has 1 atom stereocenters. The minimum absolute atomic E-state index is 0.335. The predicted molar refractivity (Wildman–Crippen MR) is 60.7 cm³/mol. The number of halogens is 1. The van der Waals surface area contributed by atoms with E-state index in [0.717, 1.165) is 0 Å². The van der Waals surface area contributed by atoms with Crippen molar-refractivity contribution < 1.29 is 13.9 Å². The number of esters is 1. The number of rotatable bonds is 2. The molecule has 0 fully saturated rings. The molecule has 0 aliphatic heterocycles. The first-order chi connectivity index (χ1) is 7.29. The first-order valence-electron chi connectivity index (χ1n) is 5.28. The maximum atomic E-state index is 13.0. The zero-order valence-electron chi connectivity index (χ0n) is 10.1. The monoisotopic (exact) mass is 224 g/mol. The second kappa shape index (κ2) is 4.64. The Morgan fingerprint density at radius 2 is 2.00 bits per heavy atom. The fourth-order valence-electron chi connectivity index (χ4n) is 1.30. The summed E-state index contributed by atoms with van der Waals surface area (Å²) < 4.78 is 18.2. The lowest BCUT2D eigenvalue weighted by Gasteiger charge is -2.22. The van der Waals surface area contributed by atoms with Crippen molar-refractivity contribution >= 4 is 5.97 Å². The van der Waals surface area contributed by atoms with Crippen molar-refractivity contribution in [2.45, 2.75) is 39.2 Å². The maximum Gasteiger partial charge on any atom is 0.313 e. The summed E-state index contributed by atoms with van der Waals surface area (Å²) in [5.41, 5.74) is 0.118. The molecule has 0 aromatic heterocycles. The van der Waals surface area contributed by atoms with Crippen molar-refractivity contribution in [3.8, 4) is 0 Å². The summed E-state index contributed by atoms with van der Waals surface area (Å²) in [5, 5.41) is 0. The van der Waals surface area contributed by atoms with Crippen molar-refractivity contribution in [2.24, 2.45) is 0 Å². The summed E-state index contributed by atoms with van der Waals surface area (Å²) in [4.78, 5) is 11.7. The Bertz CT molecular complexity index is 380. The summed E-state index contributed by atoms with van der Waals surface area (Å²) in [6.45, 7) is 7.14. The molecule has 1 aromatic carbocycles. The number of benzene rings is 1. The van der Waals surface area contributed by atoms with E-state index in [-0.39, 0.29) is 11.8 Å². The molecule has 88 valence electrons. The highest BCUT2D eigenvalue weighted by molar-refractivity contribution is 5.78. The van der Waals surface area contributed by atoms with Gasteiger partial charge in [-0.25, -0.2) is 4.39 Å². The second-order valence-electron chi connectivity index (χ2n) is 4.81. The van der Waals surface area contributed by atoms with E-state index in [1.165, 1.54) is 12.1 Å². The van der Waals surface area contributed by atoms with Gasteiger partial charge in [-0.1, -0.05) is 12.1 Å². The fourth-order valence-corrected chi connectivity index (χ4v) is 1.30. The van der Waals surface area contributed by atoms with E-state index < -0.39 is 11.5 Å². The quantitative estimate of drug-likeness (QED) is 0.721. The van der Waals surface area contributed by atoms with Gasteiger partial charge in [0.15, 0.2) is 0 Å². The summed E-state index contributed by atoms with van der Waals surface area (Å²) in [6, 6.07) is 6.02. The standard InChI is InChI=1S/C13H17FO2/c1-9(12(15)16-13(2,3)4)10-6-5-7-11(14)8-10/h5-9H,1-4H3. The second-order valence-corrected chi connectivity index (χ2v) is 4.81. The van der Waals surface area contributed by atoms with Crippen LogP contribution in [0, 0.1) is 5.82 Å². The molecule has 0 heterocycles. The van der Waals surface area contributed by atoms with Gasteiger partial charge in [0.2, 0.25) is 0 Å². The van der Waals surface area contributed by atoms with Crippen molar-refractivity contribution in [2.75, 3.05) is 0 Å². The Hall–Kier alpha value is -1.38. The molecule has 3 heteroatoms. The SMILES string of the molecule is CC(C(=O)OC(C)(C)C)c1cccc(F)c1. The maximum absolute atomic E-state index is 13.0. The molecule has 0 amide bonds. The highest BCUT2D eigenvalue weighted by Gasteiger charge is 2.22. The molecule has 16 heavy (non-hydrogen) atoms. The summed E-state index contributed by atoms with van der Waals surface area (Å²) in [6.07, 6.45) is 0. The van der Waals surface area contributed by atoms with E-state index in [9.17, 15) is 9.18 Å². The van der Waals surface area contributed by atoms with E-state index in [1.807, 2.05) is 20.8 Å². The molecule has 1 aromatic rings. The topological polar surface area (TPSA) is 26.3 Å². The predicted octanol–water partition coefficient (Wildman–Crippen LogP) is 3.27. The molecule has 0 spiro atoms. The van der Waals surface area contributed by atoms with Gasteiger partial charge in [-0.2, -0.15) is 0 Å². The molecule has 0 saturated carbocycles. The molecule has 2 nitrogen and oxygen atoms in total. The number of carbonyl (C=O) groups is 1. The number of hydrogen-bond acceptors (Lipinski definition) is 2. The highest BCUT2D eigenvalue weighted by atomic mass is 19.1. The average molecular weight is 224 g/mol. The van der Waals surface area contributed by atoms with Crippen molar-refractivity contribution in [1.29, 1.82) is 0 Å². The first-order valence-corrected chi connectivity index (χ1v) is 5.28. The molecule has 1 rings (SSSR count). The van der Waals surface area contributed by atoms with Crippen LogP contribution in [-0.2, 0) is 9.53 Å². The van der Waals surface area contributed by atoms with Crippen molar-refractivity contribution in [1.82, 2.24) is 0 Å². The molecule has 0 N–H and O–H groups in total. The number of ether oxygens (including phenoxy) is 1. The third kappa shape index (κ3) is 3.65. The van der Waals surface area contributed by atoms with Gasteiger partial charge < -0.3 is 4.74 Å². The molecular weight excluding hydrogens is 207 g/mol. The van der Waals surface area contributed by atoms with Crippen LogP contribution >= 0.6 is 0 Å². The van der Waals surface area contributed by atoms with E-state index in [4.69, 9.17) is 4.74 Å². The molecule has 0 radical (unpaired) electrons. The minimum Gasteiger partial charge on any atom is -0.460 e. The number of hydrogen-bond donors (Lipinski definition) is 0. The Balaban J connectivity index is 2.78. The molecule has 0 bridgehead atoms. The molecule has 1 unspecified atom stereocenters. The Labute approximate surface area is 95.4 Å². The molecular formula is C13H17FO2. The van der Waals surface area contributed by atoms with Crippen LogP contribution in [0.2, 0.25) is 0 Å². The van der Waals surface area contributed by atoms with Gasteiger partial charge in [0, 0.05) is 0 Å². The molecule has 0 aliphatic carbocycles. The van der Waals surface area contributed by atoms with Crippen LogP contribution in [0.4, 0.5) is 4.39 Å². The van der Waals surface area contributed by atoms with Crippen LogP contribution < -0.4 is 0 Å². The highest BCUT2D eigenvalue weighted by Crippen LogP contribution is 2.20. The van der Waals surface area contributed by atoms with E-state index in [2.05, 4.69) is 0 Å². The van der Waals surface area contributed by atoms with Crippen LogP contribution in [-0.4, -0.2) is 11.6 Å². The third-order valence-electron chi connectivity index (χ3n) is 2.11. The van der Waals surface area contributed by atoms with E-state index in [0.29, 0.717) is 5.56 Å². The minimum atomic E-state index is -0.515. The van der Waals surface area contributed by atoms with Gasteiger partial charge in [0.1, 0.15) is 11.4 Å². The van der Waals surface area contributed by atoms with Crippen LogP contribution in [0.25, 0.3) is 0 Å². The van der Waals surface area contributed by atoms with Crippen LogP contribution in [0.15, 0.2) is 24.3 Å². The van der Waals surface area contributed by atoms with Gasteiger partial charge in [-0.3, -0.25) is 4.79 Å². The van der Waals surface area contributed by atoms with E-state index in [1.54, 1.807) is 19.1 Å². The van der Waals surface area contributed by atoms with Crippen molar-refractivity contribution in [3.63, 3.8) is 0 Å². The summed E-state index contributed by atoms with van der Waals surface area (Å²) >= 11 is 0. The van der Waals surface area contributed by atoms with Crippen molar-refractivity contribution in [3.05, 3.63) is 35.6 Å². The lowest BCUT2D eigenvalue weighted by atomic mass is 10.0. The van der Waals surface area contributed by atoms with Gasteiger partial charge in [-0.15, -0.1) is 0 Å². The van der Waals surface area contributed by atoms with Gasteiger partial charge in [0.25, 0.3) is 0 Å². The van der Waals surface area contributed by atoms with Crippen LogP contribution in [0.5, 0.6) is 0 Å². The van der Waals surface area contributed by atoms with Gasteiger partial charge in [0.05, 0.1) is 5.92 Å². The molecule has 0 saturated heterocycles.